The molecule has 8 nitrogen and oxygen atoms in total. The van der Waals surface area contributed by atoms with E-state index in [0.29, 0.717) is 13.0 Å². The van der Waals surface area contributed by atoms with E-state index in [2.05, 4.69) is 10.3 Å². The number of epoxide rings is 1. The van der Waals surface area contributed by atoms with Crippen molar-refractivity contribution in [2.24, 2.45) is 11.3 Å². The maximum atomic E-state index is 13.1. The number of Topliss-reactive ketones (excluding diaryl/α,β-unsaturated/α-hetero) is 1. The average molecular weight is 495 g/mol. The molecule has 0 bridgehead atoms. The van der Waals surface area contributed by atoms with Crippen LogP contribution in [0.4, 0.5) is 0 Å². The number of nitrogens with one attached hydrogen (secondary N) is 1. The second-order valence-electron chi connectivity index (χ2n) is 10.2. The van der Waals surface area contributed by atoms with Gasteiger partial charge in [0.1, 0.15) is 11.9 Å². The Balaban J connectivity index is 1.81. The Morgan fingerprint density at radius 3 is 2.62 bits per heavy atom. The van der Waals surface area contributed by atoms with Crippen molar-refractivity contribution in [1.82, 2.24) is 10.3 Å². The number of aliphatic hydroxyl groups excluding tert-OH is 2. The lowest BCUT2D eigenvalue weighted by Gasteiger charge is -2.34. The minimum Gasteiger partial charge on any atom is -0.458 e. The molecule has 34 heavy (non-hydrogen) atoms. The number of aliphatic hydroxyl groups is 2. The highest BCUT2D eigenvalue weighted by molar-refractivity contribution is 7.09. The lowest BCUT2D eigenvalue weighted by atomic mass is 9.74. The van der Waals surface area contributed by atoms with E-state index in [9.17, 15) is 19.8 Å². The van der Waals surface area contributed by atoms with Crippen LogP contribution in [0.3, 0.4) is 0 Å². The van der Waals surface area contributed by atoms with E-state index in [1.54, 1.807) is 32.1 Å². The maximum absolute atomic E-state index is 13.1. The Hall–Kier alpha value is -1.65. The van der Waals surface area contributed by atoms with Gasteiger partial charge in [0.25, 0.3) is 0 Å². The van der Waals surface area contributed by atoms with Gasteiger partial charge in [-0.2, -0.15) is 0 Å². The highest BCUT2D eigenvalue weighted by Crippen LogP contribution is 2.34. The average Bonchev–Trinajstić information content (AvgIpc) is 3.38. The summed E-state index contributed by atoms with van der Waals surface area (Å²) in [4.78, 5) is 30.4. The number of thiazole rings is 1. The predicted molar refractivity (Wildman–Crippen MR) is 130 cm³/mol. The first kappa shape index (κ1) is 26.9. The topological polar surface area (TPSA) is 121 Å². The molecular weight excluding hydrogens is 456 g/mol. The fraction of sp³-hybridized carbons (Fsp3) is 0.720. The minimum atomic E-state index is -1.24. The van der Waals surface area contributed by atoms with Gasteiger partial charge >= 0.3 is 5.97 Å². The first-order valence-electron chi connectivity index (χ1n) is 12.0. The van der Waals surface area contributed by atoms with Gasteiger partial charge in [-0.05, 0) is 45.4 Å². The number of ketones is 1. The summed E-state index contributed by atoms with van der Waals surface area (Å²) in [6.45, 7) is 11.2. The van der Waals surface area contributed by atoms with Crippen LogP contribution in [-0.2, 0) is 19.1 Å². The zero-order valence-corrected chi connectivity index (χ0v) is 21.7. The fourth-order valence-electron chi connectivity index (χ4n) is 4.48. The van der Waals surface area contributed by atoms with Crippen molar-refractivity contribution in [3.05, 3.63) is 21.7 Å². The van der Waals surface area contributed by atoms with E-state index in [0.717, 1.165) is 22.7 Å². The van der Waals surface area contributed by atoms with Gasteiger partial charge in [0.2, 0.25) is 0 Å². The van der Waals surface area contributed by atoms with Gasteiger partial charge < -0.3 is 25.0 Å². The fourth-order valence-corrected chi connectivity index (χ4v) is 5.05. The molecule has 0 spiro atoms. The van der Waals surface area contributed by atoms with Gasteiger partial charge in [0.15, 0.2) is 0 Å². The molecule has 2 saturated heterocycles. The van der Waals surface area contributed by atoms with Gasteiger partial charge in [-0.25, -0.2) is 4.98 Å². The van der Waals surface area contributed by atoms with Crippen molar-refractivity contribution in [2.75, 3.05) is 6.54 Å². The number of carbonyl (C=O) groups is 2. The Morgan fingerprint density at radius 2 is 1.97 bits per heavy atom. The van der Waals surface area contributed by atoms with E-state index in [1.165, 1.54) is 0 Å². The summed E-state index contributed by atoms with van der Waals surface area (Å²) >= 11 is 1.55. The summed E-state index contributed by atoms with van der Waals surface area (Å²) < 4.78 is 11.6. The Kier molecular flexibility index (Phi) is 8.68. The second-order valence-corrected chi connectivity index (χ2v) is 11.3. The molecule has 0 saturated carbocycles. The quantitative estimate of drug-likeness (QED) is 0.424. The molecule has 0 aliphatic carbocycles. The first-order chi connectivity index (χ1) is 15.9. The lowest BCUT2D eigenvalue weighted by Crippen LogP contribution is -2.49. The molecule has 0 radical (unpaired) electrons. The zero-order valence-electron chi connectivity index (χ0n) is 20.9. The second kappa shape index (κ2) is 11.0. The predicted octanol–water partition coefficient (Wildman–Crippen LogP) is 2.65. The molecule has 1 aromatic rings. The molecule has 7 atom stereocenters. The van der Waals surface area contributed by atoms with E-state index >= 15 is 0 Å². The number of hydrogen-bond acceptors (Lipinski definition) is 9. The standard InChI is InChI=1S/C25H38N2O6S/c1-13(9-17-12-34-16(4)27-17)19-10-20-18(32-20)7-8-26-15(3)23(30)14(2)24(31)25(5,6)21(28)11-22(29)33-19/h9,12,14-15,18-21,23,26,28,30H,7-8,10-11H2,1-6H3/b13-9+/t14-,15-,18-,19+,20+,21+,23-/m1/s1. The largest absolute Gasteiger partial charge is 0.458 e. The van der Waals surface area contributed by atoms with Gasteiger partial charge in [-0.3, -0.25) is 9.59 Å². The maximum Gasteiger partial charge on any atom is 0.309 e. The molecule has 190 valence electrons. The number of cyclic esters (lactones) is 1. The van der Waals surface area contributed by atoms with Crippen LogP contribution >= 0.6 is 11.3 Å². The first-order valence-corrected chi connectivity index (χ1v) is 12.9. The third-order valence-corrected chi connectivity index (χ3v) is 7.88. The number of hydrogen-bond donors (Lipinski definition) is 3. The summed E-state index contributed by atoms with van der Waals surface area (Å²) in [7, 11) is 0. The summed E-state index contributed by atoms with van der Waals surface area (Å²) in [6, 6.07) is -0.304. The molecule has 1 aromatic heterocycles. The van der Waals surface area contributed by atoms with Crippen molar-refractivity contribution in [2.45, 2.75) is 97.4 Å². The molecule has 0 aromatic carbocycles. The number of aromatic nitrogens is 1. The number of aryl methyl sites for hydroxylation is 1. The van der Waals surface area contributed by atoms with Crippen LogP contribution in [0.2, 0.25) is 0 Å². The number of rotatable bonds is 2. The van der Waals surface area contributed by atoms with Crippen LogP contribution in [0.25, 0.3) is 6.08 Å². The minimum absolute atomic E-state index is 0.0323. The SMILES string of the molecule is C/C(=C\c1csc(C)n1)[C@@H]1C[C@@H]2O[C@@H]2CCN[C@H](C)[C@H](O)[C@@H](C)C(=O)C(C)(C)[C@@H](O)CC(=O)O1. The third kappa shape index (κ3) is 6.51. The van der Waals surface area contributed by atoms with E-state index in [1.807, 2.05) is 32.2 Å². The van der Waals surface area contributed by atoms with Crippen LogP contribution in [0.15, 0.2) is 11.0 Å². The highest BCUT2D eigenvalue weighted by atomic mass is 32.1. The Morgan fingerprint density at radius 1 is 1.26 bits per heavy atom. The lowest BCUT2D eigenvalue weighted by molar-refractivity contribution is -0.154. The molecule has 2 fully saturated rings. The highest BCUT2D eigenvalue weighted by Gasteiger charge is 2.44. The number of fused-ring (bicyclic) bond motifs is 1. The van der Waals surface area contributed by atoms with E-state index in [4.69, 9.17) is 9.47 Å². The summed E-state index contributed by atoms with van der Waals surface area (Å²) in [5.41, 5.74) is 0.440. The number of ether oxygens (including phenoxy) is 2. The Bertz CT molecular complexity index is 913. The van der Waals surface area contributed by atoms with Crippen molar-refractivity contribution in [3.8, 4) is 0 Å². The van der Waals surface area contributed by atoms with Crippen LogP contribution in [0.5, 0.6) is 0 Å². The summed E-state index contributed by atoms with van der Waals surface area (Å²) in [5.74, 6) is -1.58. The van der Waals surface area contributed by atoms with Crippen molar-refractivity contribution >= 4 is 29.2 Å². The van der Waals surface area contributed by atoms with Crippen molar-refractivity contribution in [1.29, 1.82) is 0 Å². The molecule has 3 N–H and O–H groups in total. The number of esters is 1. The smallest absolute Gasteiger partial charge is 0.309 e. The van der Waals surface area contributed by atoms with Gasteiger partial charge in [-0.1, -0.05) is 20.8 Å². The number of carbonyl (C=O) groups excluding carboxylic acids is 2. The van der Waals surface area contributed by atoms with Crippen LogP contribution in [0, 0.1) is 18.3 Å². The molecule has 0 amide bonds. The molecule has 2 aliphatic heterocycles. The summed E-state index contributed by atoms with van der Waals surface area (Å²) in [5, 5.41) is 27.7. The van der Waals surface area contributed by atoms with Crippen LogP contribution in [0.1, 0.15) is 64.6 Å². The summed E-state index contributed by atoms with van der Waals surface area (Å²) in [6.07, 6.45) is 0.195. The zero-order chi connectivity index (χ0) is 25.2. The van der Waals surface area contributed by atoms with Crippen LogP contribution < -0.4 is 5.32 Å². The molecule has 3 rings (SSSR count). The molecule has 0 unspecified atom stereocenters. The molecule has 3 heterocycles. The van der Waals surface area contributed by atoms with Gasteiger partial charge in [0, 0.05) is 23.8 Å². The van der Waals surface area contributed by atoms with Crippen molar-refractivity contribution in [3.63, 3.8) is 0 Å². The molecule has 9 heteroatoms. The third-order valence-electron chi connectivity index (χ3n) is 7.09. The van der Waals surface area contributed by atoms with Crippen LogP contribution in [-0.4, -0.2) is 70.1 Å². The van der Waals surface area contributed by atoms with Crippen molar-refractivity contribution < 1.29 is 29.3 Å². The normalized spacial score (nSPS) is 36.0. The van der Waals surface area contributed by atoms with Gasteiger partial charge in [0.05, 0.1) is 47.0 Å². The Labute approximate surface area is 205 Å². The molecule has 2 aliphatic rings. The van der Waals surface area contributed by atoms with Gasteiger partial charge in [-0.15, -0.1) is 11.3 Å². The molecular formula is C25H38N2O6S. The monoisotopic (exact) mass is 494 g/mol. The van der Waals surface area contributed by atoms with E-state index in [-0.39, 0.29) is 30.5 Å². The number of nitrogens with zero attached hydrogens (tertiary/aromatic N) is 1. The van der Waals surface area contributed by atoms with E-state index < -0.39 is 35.6 Å².